The Morgan fingerprint density at radius 1 is 0.690 bits per heavy atom. The average Bonchev–Trinajstić information content (AvgIpc) is 2.77. The van der Waals surface area contributed by atoms with E-state index in [9.17, 15) is 10.2 Å². The van der Waals surface area contributed by atoms with E-state index in [4.69, 9.17) is 0 Å². The fourth-order valence-corrected chi connectivity index (χ4v) is 5.59. The number of hydrogen-bond donors (Lipinski definition) is 2. The zero-order valence-corrected chi connectivity index (χ0v) is 17.7. The number of phenolic OH excluding ortho intramolecular Hbond substituents is 2. The van der Waals surface area contributed by atoms with Crippen LogP contribution < -0.4 is 0 Å². The van der Waals surface area contributed by atoms with Crippen molar-refractivity contribution in [1.82, 2.24) is 0 Å². The van der Waals surface area contributed by atoms with E-state index in [0.717, 1.165) is 47.9 Å². The number of benzene rings is 2. The lowest BCUT2D eigenvalue weighted by molar-refractivity contribution is 0.406. The Morgan fingerprint density at radius 2 is 1.10 bits per heavy atom. The van der Waals surface area contributed by atoms with Crippen LogP contribution in [0.1, 0.15) is 111 Å². The zero-order chi connectivity index (χ0) is 20.2. The lowest BCUT2D eigenvalue weighted by Crippen LogP contribution is -2.09. The van der Waals surface area contributed by atoms with Crippen molar-refractivity contribution in [1.29, 1.82) is 0 Å². The van der Waals surface area contributed by atoms with E-state index in [1.165, 1.54) is 38.5 Å². The van der Waals surface area contributed by atoms with Gasteiger partial charge in [0, 0.05) is 17.0 Å². The molecule has 2 heteroatoms. The predicted molar refractivity (Wildman–Crippen MR) is 119 cm³/mol. The van der Waals surface area contributed by atoms with Gasteiger partial charge in [-0.3, -0.25) is 0 Å². The summed E-state index contributed by atoms with van der Waals surface area (Å²) >= 11 is 0. The fourth-order valence-electron chi connectivity index (χ4n) is 5.59. The van der Waals surface area contributed by atoms with Gasteiger partial charge in [0.05, 0.1) is 0 Å². The Labute approximate surface area is 176 Å². The Hall–Kier alpha value is -1.96. The molecule has 0 heterocycles. The quantitative estimate of drug-likeness (QED) is 0.557. The highest BCUT2D eigenvalue weighted by atomic mass is 16.3. The molecule has 0 aromatic heterocycles. The second-order valence-electron chi connectivity index (χ2n) is 8.96. The van der Waals surface area contributed by atoms with E-state index in [1.54, 1.807) is 0 Å². The minimum absolute atomic E-state index is 0.220. The van der Waals surface area contributed by atoms with Gasteiger partial charge in [-0.1, -0.05) is 81.8 Å². The molecule has 0 spiro atoms. The van der Waals surface area contributed by atoms with Crippen LogP contribution in [0.4, 0.5) is 0 Å². The van der Waals surface area contributed by atoms with Crippen LogP contribution in [0.2, 0.25) is 0 Å². The van der Waals surface area contributed by atoms with Gasteiger partial charge < -0.3 is 10.2 Å². The van der Waals surface area contributed by atoms with E-state index in [0.29, 0.717) is 23.3 Å². The molecule has 154 valence electrons. The molecular weight excluding hydrogens is 356 g/mol. The van der Waals surface area contributed by atoms with Crippen molar-refractivity contribution in [3.63, 3.8) is 0 Å². The van der Waals surface area contributed by atoms with Gasteiger partial charge in [0.15, 0.2) is 0 Å². The van der Waals surface area contributed by atoms with Crippen LogP contribution >= 0.6 is 0 Å². The maximum absolute atomic E-state index is 11.2. The molecular formula is C27H34O2. The molecule has 0 amide bonds. The maximum atomic E-state index is 11.2. The molecule has 0 saturated heterocycles. The summed E-state index contributed by atoms with van der Waals surface area (Å²) in [6.45, 7) is 1.91. The standard InChI is InChI=1S/C27H34O2/c1-2-21(24-17-9-15-22(26(24)28)19-11-5-3-6-12-19)25-18-10-16-23(27(25)29)20-13-7-4-8-14-20/h9-10,15-21,28-29H,3-8,11-14H2,1H3. The summed E-state index contributed by atoms with van der Waals surface area (Å²) in [5.74, 6) is 1.48. The van der Waals surface area contributed by atoms with Crippen molar-refractivity contribution in [3.8, 4) is 11.5 Å². The Kier molecular flexibility index (Phi) is 6.47. The van der Waals surface area contributed by atoms with Crippen LogP contribution in [0.5, 0.6) is 11.5 Å². The molecule has 4 rings (SSSR count). The van der Waals surface area contributed by atoms with Crippen LogP contribution in [0, 0.1) is 6.42 Å². The molecule has 2 saturated carbocycles. The van der Waals surface area contributed by atoms with E-state index in [2.05, 4.69) is 30.7 Å². The largest absolute Gasteiger partial charge is 0.507 e. The number of phenols is 2. The molecule has 29 heavy (non-hydrogen) atoms. The molecule has 2 N–H and O–H groups in total. The first-order valence-electron chi connectivity index (χ1n) is 11.5. The van der Waals surface area contributed by atoms with Gasteiger partial charge in [-0.15, -0.1) is 0 Å². The van der Waals surface area contributed by atoms with E-state index in [-0.39, 0.29) is 5.92 Å². The first-order valence-corrected chi connectivity index (χ1v) is 11.5. The predicted octanol–water partition coefficient (Wildman–Crippen LogP) is 7.43. The van der Waals surface area contributed by atoms with Crippen molar-refractivity contribution in [2.45, 2.75) is 88.9 Å². The van der Waals surface area contributed by atoms with Crippen molar-refractivity contribution in [3.05, 3.63) is 65.1 Å². The summed E-state index contributed by atoms with van der Waals surface area (Å²) in [4.78, 5) is 0. The fraction of sp³-hybridized carbons (Fsp3) is 0.519. The molecule has 0 atom stereocenters. The molecule has 0 unspecified atom stereocenters. The second-order valence-corrected chi connectivity index (χ2v) is 8.96. The zero-order valence-electron chi connectivity index (χ0n) is 17.7. The van der Waals surface area contributed by atoms with Crippen molar-refractivity contribution in [2.24, 2.45) is 0 Å². The molecule has 2 aliphatic rings. The van der Waals surface area contributed by atoms with Gasteiger partial charge in [-0.25, -0.2) is 0 Å². The average molecular weight is 391 g/mol. The monoisotopic (exact) mass is 390 g/mol. The van der Waals surface area contributed by atoms with E-state index < -0.39 is 0 Å². The maximum Gasteiger partial charge on any atom is 0.122 e. The lowest BCUT2D eigenvalue weighted by Gasteiger charge is -2.27. The summed E-state index contributed by atoms with van der Waals surface area (Å²) < 4.78 is 0. The van der Waals surface area contributed by atoms with Gasteiger partial charge in [-0.2, -0.15) is 0 Å². The normalized spacial score (nSPS) is 19.0. The highest BCUT2D eigenvalue weighted by molar-refractivity contribution is 5.54. The third-order valence-corrected chi connectivity index (χ3v) is 7.20. The third-order valence-electron chi connectivity index (χ3n) is 7.20. The summed E-state index contributed by atoms with van der Waals surface area (Å²) in [5.41, 5.74) is 3.88. The van der Waals surface area contributed by atoms with Crippen LogP contribution in [0.25, 0.3) is 0 Å². The smallest absolute Gasteiger partial charge is 0.122 e. The molecule has 2 aromatic rings. The minimum atomic E-state index is -0.220. The Morgan fingerprint density at radius 3 is 1.48 bits per heavy atom. The van der Waals surface area contributed by atoms with Gasteiger partial charge in [0.2, 0.25) is 0 Å². The number of hydrogen-bond acceptors (Lipinski definition) is 2. The Balaban J connectivity index is 1.69. The molecule has 2 aromatic carbocycles. The second kappa shape index (κ2) is 9.24. The van der Waals surface area contributed by atoms with E-state index in [1.807, 2.05) is 19.1 Å². The molecule has 2 fully saturated rings. The lowest BCUT2D eigenvalue weighted by atomic mass is 9.78. The molecule has 2 aliphatic carbocycles. The molecule has 2 radical (unpaired) electrons. The van der Waals surface area contributed by atoms with Crippen LogP contribution in [-0.2, 0) is 0 Å². The number of aromatic hydroxyl groups is 2. The summed E-state index contributed by atoms with van der Waals surface area (Å²) in [6.07, 6.45) is 15.6. The SMILES string of the molecule is C[C]C(c1cccc(C2CCCCC2)c1O)c1cccc(C2CCCCC2)c1O. The Bertz CT molecular complexity index is 746. The number of para-hydroxylation sites is 2. The van der Waals surface area contributed by atoms with Crippen LogP contribution in [0.15, 0.2) is 36.4 Å². The third kappa shape index (κ3) is 4.17. The van der Waals surface area contributed by atoms with Crippen LogP contribution in [0.3, 0.4) is 0 Å². The van der Waals surface area contributed by atoms with E-state index >= 15 is 0 Å². The minimum Gasteiger partial charge on any atom is -0.507 e. The summed E-state index contributed by atoms with van der Waals surface area (Å²) in [6, 6.07) is 12.3. The highest BCUT2D eigenvalue weighted by Gasteiger charge is 2.27. The first kappa shape index (κ1) is 20.3. The van der Waals surface area contributed by atoms with Crippen molar-refractivity contribution >= 4 is 0 Å². The highest BCUT2D eigenvalue weighted by Crippen LogP contribution is 2.46. The summed E-state index contributed by atoms with van der Waals surface area (Å²) in [7, 11) is 0. The van der Waals surface area contributed by atoms with Crippen molar-refractivity contribution in [2.75, 3.05) is 0 Å². The van der Waals surface area contributed by atoms with Crippen molar-refractivity contribution < 1.29 is 10.2 Å². The topological polar surface area (TPSA) is 40.5 Å². The van der Waals surface area contributed by atoms with Gasteiger partial charge >= 0.3 is 0 Å². The van der Waals surface area contributed by atoms with Gasteiger partial charge in [0.1, 0.15) is 11.5 Å². The molecule has 2 nitrogen and oxygen atoms in total. The molecule has 0 bridgehead atoms. The first-order chi connectivity index (χ1) is 14.2. The number of rotatable bonds is 5. The van der Waals surface area contributed by atoms with Crippen LogP contribution in [-0.4, -0.2) is 10.2 Å². The van der Waals surface area contributed by atoms with Gasteiger partial charge in [0.25, 0.3) is 0 Å². The summed E-state index contributed by atoms with van der Waals surface area (Å²) in [5, 5.41) is 22.4. The molecule has 0 aliphatic heterocycles. The van der Waals surface area contributed by atoms with Gasteiger partial charge in [-0.05, 0) is 55.1 Å².